The number of nitrogens with one attached hydrogen (secondary N) is 1. The number of likely N-dealkylation sites (tertiary alicyclic amines) is 1. The molecule has 1 saturated carbocycles. The molecule has 3 fully saturated rings. The van der Waals surface area contributed by atoms with E-state index < -0.39 is 15.4 Å². The molecule has 160 valence electrons. The van der Waals surface area contributed by atoms with Gasteiger partial charge in [0.1, 0.15) is 5.76 Å². The molecule has 0 aromatic carbocycles. The molecule has 1 aliphatic carbocycles. The quantitative estimate of drug-likeness (QED) is 0.761. The highest BCUT2D eigenvalue weighted by molar-refractivity contribution is 7.88. The van der Waals surface area contributed by atoms with Gasteiger partial charge in [-0.05, 0) is 43.9 Å². The van der Waals surface area contributed by atoms with Crippen molar-refractivity contribution in [2.75, 3.05) is 39.5 Å². The summed E-state index contributed by atoms with van der Waals surface area (Å²) >= 11 is 0. The maximum Gasteiger partial charge on any atom is 0.276 e. The first-order valence-electron chi connectivity index (χ1n) is 10.0. The predicted octanol–water partition coefficient (Wildman–Crippen LogP) is 0.623. The van der Waals surface area contributed by atoms with E-state index in [2.05, 4.69) is 10.5 Å². The summed E-state index contributed by atoms with van der Waals surface area (Å²) in [7, 11) is -1.75. The Kier molecular flexibility index (Phi) is 4.77. The van der Waals surface area contributed by atoms with Crippen LogP contribution in [0.4, 0.5) is 0 Å². The minimum Gasteiger partial charge on any atom is -0.361 e. The lowest BCUT2D eigenvalue weighted by Crippen LogP contribution is -2.49. The summed E-state index contributed by atoms with van der Waals surface area (Å²) in [6.45, 7) is 3.52. The van der Waals surface area contributed by atoms with E-state index in [0.717, 1.165) is 19.3 Å². The Morgan fingerprint density at radius 2 is 1.93 bits per heavy atom. The number of hydrogen-bond acceptors (Lipinski definition) is 6. The van der Waals surface area contributed by atoms with Crippen molar-refractivity contribution in [3.8, 4) is 0 Å². The van der Waals surface area contributed by atoms with Gasteiger partial charge in [0, 0.05) is 39.3 Å². The molecule has 2 atom stereocenters. The van der Waals surface area contributed by atoms with Gasteiger partial charge in [-0.3, -0.25) is 9.59 Å². The van der Waals surface area contributed by atoms with E-state index >= 15 is 0 Å². The van der Waals surface area contributed by atoms with E-state index in [4.69, 9.17) is 4.52 Å². The van der Waals surface area contributed by atoms with Crippen LogP contribution in [0.15, 0.2) is 10.6 Å². The zero-order valence-corrected chi connectivity index (χ0v) is 17.9. The Morgan fingerprint density at radius 1 is 1.24 bits per heavy atom. The molecular formula is C19H28N4O5S. The summed E-state index contributed by atoms with van der Waals surface area (Å²) in [5, 5.41) is 6.59. The average Bonchev–Trinajstić information content (AvgIpc) is 3.36. The molecule has 1 aromatic heterocycles. The van der Waals surface area contributed by atoms with E-state index in [1.807, 2.05) is 0 Å². The minimum atomic E-state index is -3.37. The second-order valence-corrected chi connectivity index (χ2v) is 10.8. The van der Waals surface area contributed by atoms with Gasteiger partial charge in [0.2, 0.25) is 15.9 Å². The third-order valence-electron chi connectivity index (χ3n) is 7.36. The fraction of sp³-hybridized carbons (Fsp3) is 0.737. The van der Waals surface area contributed by atoms with Crippen LogP contribution in [0.5, 0.6) is 0 Å². The van der Waals surface area contributed by atoms with Crippen LogP contribution in [-0.2, 0) is 14.8 Å². The lowest BCUT2D eigenvalue weighted by molar-refractivity contribution is -0.132. The second kappa shape index (κ2) is 6.80. The van der Waals surface area contributed by atoms with Crippen LogP contribution in [0.2, 0.25) is 0 Å². The molecule has 2 amide bonds. The molecule has 9 nitrogen and oxygen atoms in total. The predicted molar refractivity (Wildman–Crippen MR) is 104 cm³/mol. The summed E-state index contributed by atoms with van der Waals surface area (Å²) in [5.41, 5.74) is -0.482. The van der Waals surface area contributed by atoms with E-state index in [1.165, 1.54) is 10.6 Å². The van der Waals surface area contributed by atoms with Crippen molar-refractivity contribution >= 4 is 21.8 Å². The van der Waals surface area contributed by atoms with Crippen LogP contribution in [0.25, 0.3) is 0 Å². The Labute approximate surface area is 170 Å². The smallest absolute Gasteiger partial charge is 0.276 e. The van der Waals surface area contributed by atoms with Crippen molar-refractivity contribution in [3.05, 3.63) is 17.5 Å². The number of carbonyl (C=O) groups excluding carboxylic acids is 2. The molecule has 1 N–H and O–H groups in total. The molecule has 1 aromatic rings. The van der Waals surface area contributed by atoms with Crippen LogP contribution in [0.3, 0.4) is 0 Å². The molecule has 29 heavy (non-hydrogen) atoms. The molecule has 3 heterocycles. The molecule has 4 rings (SSSR count). The summed E-state index contributed by atoms with van der Waals surface area (Å²) in [6, 6.07) is 1.64. The number of hydrogen-bond donors (Lipinski definition) is 1. The van der Waals surface area contributed by atoms with Gasteiger partial charge in [-0.25, -0.2) is 12.7 Å². The molecule has 2 saturated heterocycles. The number of carbonyl (C=O) groups is 2. The molecule has 3 aliphatic rings. The zero-order valence-electron chi connectivity index (χ0n) is 17.1. The summed E-state index contributed by atoms with van der Waals surface area (Å²) in [5.74, 6) is 0.356. The van der Waals surface area contributed by atoms with Crippen molar-refractivity contribution in [2.24, 2.45) is 16.7 Å². The van der Waals surface area contributed by atoms with E-state index in [0.29, 0.717) is 37.5 Å². The second-order valence-electron chi connectivity index (χ2n) is 8.82. The summed E-state index contributed by atoms with van der Waals surface area (Å²) in [6.07, 6.45) is 4.29. The van der Waals surface area contributed by atoms with Gasteiger partial charge in [-0.1, -0.05) is 5.16 Å². The number of nitrogens with zero attached hydrogens (tertiary/aromatic N) is 3. The van der Waals surface area contributed by atoms with Crippen molar-refractivity contribution < 1.29 is 22.5 Å². The highest BCUT2D eigenvalue weighted by Crippen LogP contribution is 2.62. The highest BCUT2D eigenvalue weighted by Gasteiger charge is 2.65. The maximum atomic E-state index is 12.9. The Hall–Kier alpha value is -1.94. The minimum absolute atomic E-state index is 0.0313. The van der Waals surface area contributed by atoms with Gasteiger partial charge in [0.15, 0.2) is 5.69 Å². The Bertz CT molecular complexity index is 934. The largest absolute Gasteiger partial charge is 0.361 e. The number of aromatic nitrogens is 1. The average molecular weight is 425 g/mol. The van der Waals surface area contributed by atoms with Crippen molar-refractivity contribution in [3.63, 3.8) is 0 Å². The van der Waals surface area contributed by atoms with E-state index in [1.54, 1.807) is 24.9 Å². The fourth-order valence-electron chi connectivity index (χ4n) is 5.78. The van der Waals surface area contributed by atoms with Gasteiger partial charge in [0.05, 0.1) is 11.7 Å². The van der Waals surface area contributed by atoms with E-state index in [-0.39, 0.29) is 29.7 Å². The van der Waals surface area contributed by atoms with Gasteiger partial charge < -0.3 is 14.7 Å². The monoisotopic (exact) mass is 424 g/mol. The molecule has 0 unspecified atom stereocenters. The number of amides is 2. The SMILES string of the molecule is CNC(=O)[C@@]12CCC3(CCN(C(=O)c4cc(C)on4)CC3)[C@@H]1CN(S(C)(=O)=O)C2. The van der Waals surface area contributed by atoms with Crippen molar-refractivity contribution in [2.45, 2.75) is 32.6 Å². The molecule has 0 bridgehead atoms. The lowest BCUT2D eigenvalue weighted by Gasteiger charge is -2.44. The van der Waals surface area contributed by atoms with Gasteiger partial charge >= 0.3 is 0 Å². The third kappa shape index (κ3) is 3.16. The molecule has 2 aliphatic heterocycles. The Balaban J connectivity index is 1.55. The van der Waals surface area contributed by atoms with Crippen LogP contribution < -0.4 is 5.32 Å². The van der Waals surface area contributed by atoms with Gasteiger partial charge in [-0.2, -0.15) is 0 Å². The number of fused-ring (bicyclic) bond motifs is 2. The summed E-state index contributed by atoms with van der Waals surface area (Å²) < 4.78 is 30.9. The topological polar surface area (TPSA) is 113 Å². The number of aryl methyl sites for hydroxylation is 1. The fourth-order valence-corrected chi connectivity index (χ4v) is 6.66. The zero-order chi connectivity index (χ0) is 21.0. The Morgan fingerprint density at radius 3 is 2.48 bits per heavy atom. The lowest BCUT2D eigenvalue weighted by atomic mass is 9.65. The van der Waals surface area contributed by atoms with Crippen LogP contribution >= 0.6 is 0 Å². The number of rotatable bonds is 3. The van der Waals surface area contributed by atoms with Crippen molar-refractivity contribution in [1.82, 2.24) is 19.7 Å². The highest BCUT2D eigenvalue weighted by atomic mass is 32.2. The maximum absolute atomic E-state index is 12.9. The molecule has 1 spiro atoms. The standard InChI is InChI=1S/C19H28N4O5S/c1-13-10-14(21-28-13)16(24)22-8-6-18(7-9-22)4-5-19(17(25)20-2)12-23(11-15(18)19)29(3,26)27/h10,15H,4-9,11-12H2,1-3H3,(H,20,25)/t15-,19+/m0/s1. The molecule has 0 radical (unpaired) electrons. The van der Waals surface area contributed by atoms with Crippen LogP contribution in [-0.4, -0.2) is 74.1 Å². The van der Waals surface area contributed by atoms with Gasteiger partial charge in [0.25, 0.3) is 5.91 Å². The van der Waals surface area contributed by atoms with E-state index in [9.17, 15) is 18.0 Å². The molecule has 10 heteroatoms. The first-order valence-corrected chi connectivity index (χ1v) is 11.9. The third-order valence-corrected chi connectivity index (χ3v) is 8.58. The van der Waals surface area contributed by atoms with Gasteiger partial charge in [-0.15, -0.1) is 0 Å². The normalized spacial score (nSPS) is 29.2. The van der Waals surface area contributed by atoms with Crippen LogP contribution in [0, 0.1) is 23.7 Å². The molecular weight excluding hydrogens is 396 g/mol. The summed E-state index contributed by atoms with van der Waals surface area (Å²) in [4.78, 5) is 27.3. The first-order chi connectivity index (χ1) is 13.6. The number of sulfonamides is 1. The van der Waals surface area contributed by atoms with Crippen molar-refractivity contribution in [1.29, 1.82) is 0 Å². The number of piperidine rings is 1. The first kappa shape index (κ1) is 20.3. The van der Waals surface area contributed by atoms with Crippen LogP contribution in [0.1, 0.15) is 41.9 Å².